The van der Waals surface area contributed by atoms with Gasteiger partial charge in [0.05, 0.1) is 20.8 Å². The van der Waals surface area contributed by atoms with Crippen molar-refractivity contribution in [3.05, 3.63) is 42.5 Å². The molecule has 1 heterocycles. The Balaban J connectivity index is 2.31. The van der Waals surface area contributed by atoms with Gasteiger partial charge in [-0.25, -0.2) is 4.68 Å². The summed E-state index contributed by atoms with van der Waals surface area (Å²) in [6.07, 6.45) is 0. The van der Waals surface area contributed by atoms with Crippen LogP contribution in [0.4, 0.5) is 5.82 Å². The van der Waals surface area contributed by atoms with E-state index in [2.05, 4.69) is 43.6 Å². The third-order valence-corrected chi connectivity index (χ3v) is 4.95. The molecule has 0 unspecified atom stereocenters. The molecule has 1 aromatic carbocycles. The topological polar surface area (TPSA) is 43.8 Å². The molecule has 0 aliphatic heterocycles. The van der Waals surface area contributed by atoms with E-state index >= 15 is 0 Å². The Morgan fingerprint density at radius 2 is 2.24 bits per heavy atom. The van der Waals surface area contributed by atoms with Crippen molar-refractivity contribution < 1.29 is 0 Å². The lowest BCUT2D eigenvalue weighted by molar-refractivity contribution is 0.689. The van der Waals surface area contributed by atoms with Crippen molar-refractivity contribution in [2.75, 3.05) is 5.73 Å². The van der Waals surface area contributed by atoms with Crippen LogP contribution in [0, 0.1) is 10.5 Å². The van der Waals surface area contributed by atoms with Gasteiger partial charge < -0.3 is 5.73 Å². The van der Waals surface area contributed by atoms with Gasteiger partial charge >= 0.3 is 0 Å². The van der Waals surface area contributed by atoms with E-state index in [4.69, 9.17) is 17.3 Å². The van der Waals surface area contributed by atoms with E-state index in [1.807, 2.05) is 25.1 Å². The number of nitrogen functional groups attached to an aromatic ring is 1. The maximum absolute atomic E-state index is 5.97. The van der Waals surface area contributed by atoms with E-state index in [0.717, 1.165) is 19.3 Å². The highest BCUT2D eigenvalue weighted by atomic mass is 127. The summed E-state index contributed by atoms with van der Waals surface area (Å²) in [5.41, 5.74) is 8.03. The number of benzene rings is 1. The fourth-order valence-electron chi connectivity index (χ4n) is 1.51. The molecule has 1 aromatic heterocycles. The fourth-order valence-corrected chi connectivity index (χ4v) is 2.44. The molecule has 0 saturated heterocycles. The average molecular weight is 426 g/mol. The number of aromatic nitrogens is 2. The lowest BCUT2D eigenvalue weighted by Crippen LogP contribution is -2.06. The molecule has 6 heteroatoms. The highest BCUT2D eigenvalue weighted by Crippen LogP contribution is 2.25. The van der Waals surface area contributed by atoms with Crippen LogP contribution in [0.1, 0.15) is 11.3 Å². The molecule has 0 bridgehead atoms. The lowest BCUT2D eigenvalue weighted by atomic mass is 10.2. The van der Waals surface area contributed by atoms with Gasteiger partial charge in [0.15, 0.2) is 0 Å². The van der Waals surface area contributed by atoms with Crippen molar-refractivity contribution in [1.29, 1.82) is 0 Å². The molecule has 0 spiro atoms. The first-order chi connectivity index (χ1) is 7.99. The largest absolute Gasteiger partial charge is 0.383 e. The number of nitrogens with zero attached hydrogens (tertiary/aromatic N) is 2. The average Bonchev–Trinajstić information content (AvgIpc) is 2.52. The molecule has 0 aliphatic carbocycles. The van der Waals surface area contributed by atoms with Gasteiger partial charge in [0.25, 0.3) is 0 Å². The summed E-state index contributed by atoms with van der Waals surface area (Å²) in [4.78, 5) is 0. The van der Waals surface area contributed by atoms with Gasteiger partial charge in [0.2, 0.25) is 0 Å². The zero-order valence-electron chi connectivity index (χ0n) is 9.04. The molecule has 0 aliphatic rings. The second-order valence-corrected chi connectivity index (χ2v) is 6.03. The summed E-state index contributed by atoms with van der Waals surface area (Å²) >= 11 is 11.6. The predicted octanol–water partition coefficient (Wildman–Crippen LogP) is 3.84. The van der Waals surface area contributed by atoms with Crippen LogP contribution >= 0.6 is 50.1 Å². The minimum atomic E-state index is 0.644. The second-order valence-electron chi connectivity index (χ2n) is 3.69. The fraction of sp³-hybridized carbons (Fsp3) is 0.182. The summed E-state index contributed by atoms with van der Waals surface area (Å²) < 4.78 is 3.69. The highest BCUT2D eigenvalue weighted by Gasteiger charge is 2.10. The van der Waals surface area contributed by atoms with E-state index in [1.165, 1.54) is 0 Å². The molecule has 2 N–H and O–H groups in total. The van der Waals surface area contributed by atoms with Crippen LogP contribution in [0.2, 0.25) is 5.02 Å². The smallest absolute Gasteiger partial charge is 0.135 e. The zero-order chi connectivity index (χ0) is 12.6. The van der Waals surface area contributed by atoms with Gasteiger partial charge in [-0.1, -0.05) is 17.7 Å². The number of rotatable bonds is 2. The zero-order valence-corrected chi connectivity index (χ0v) is 13.5. The lowest BCUT2D eigenvalue weighted by Gasteiger charge is -2.05. The van der Waals surface area contributed by atoms with Crippen LogP contribution in [-0.4, -0.2) is 9.78 Å². The number of hydrogen-bond acceptors (Lipinski definition) is 2. The molecular weight excluding hydrogens is 416 g/mol. The van der Waals surface area contributed by atoms with Crippen LogP contribution in [0.5, 0.6) is 0 Å². The van der Waals surface area contributed by atoms with E-state index < -0.39 is 0 Å². The number of aryl methyl sites for hydroxylation is 1. The molecule has 0 radical (unpaired) electrons. The number of hydrogen-bond donors (Lipinski definition) is 1. The first-order valence-electron chi connectivity index (χ1n) is 4.91. The third-order valence-electron chi connectivity index (χ3n) is 2.41. The van der Waals surface area contributed by atoms with Crippen LogP contribution in [0.25, 0.3) is 0 Å². The Morgan fingerprint density at radius 3 is 2.76 bits per heavy atom. The number of halogens is 3. The second kappa shape index (κ2) is 5.16. The van der Waals surface area contributed by atoms with Crippen molar-refractivity contribution in [3.8, 4) is 0 Å². The molecule has 0 amide bonds. The number of nitrogens with two attached hydrogens (primary N) is 1. The Morgan fingerprint density at radius 1 is 1.53 bits per heavy atom. The monoisotopic (exact) mass is 425 g/mol. The normalized spacial score (nSPS) is 10.8. The molecular formula is C11H10BrClIN3. The van der Waals surface area contributed by atoms with Crippen molar-refractivity contribution in [3.63, 3.8) is 0 Å². The molecule has 2 aromatic rings. The summed E-state index contributed by atoms with van der Waals surface area (Å²) in [6, 6.07) is 5.81. The van der Waals surface area contributed by atoms with E-state index in [1.54, 1.807) is 4.68 Å². The first kappa shape index (κ1) is 13.2. The minimum absolute atomic E-state index is 0.644. The van der Waals surface area contributed by atoms with Crippen molar-refractivity contribution in [2.45, 2.75) is 13.5 Å². The van der Waals surface area contributed by atoms with Crippen LogP contribution in [-0.2, 0) is 6.54 Å². The molecule has 90 valence electrons. The SMILES string of the molecule is Cc1nn(Cc2ccc(Cl)c(Br)c2)c(N)c1I. The van der Waals surface area contributed by atoms with Gasteiger partial charge in [-0.05, 0) is 63.1 Å². The third kappa shape index (κ3) is 2.77. The maximum atomic E-state index is 5.97. The molecule has 3 nitrogen and oxygen atoms in total. The van der Waals surface area contributed by atoms with Crippen LogP contribution < -0.4 is 5.73 Å². The summed E-state index contributed by atoms with van der Waals surface area (Å²) in [6.45, 7) is 2.60. The highest BCUT2D eigenvalue weighted by molar-refractivity contribution is 14.1. The molecule has 0 saturated carbocycles. The van der Waals surface area contributed by atoms with Gasteiger partial charge in [0.1, 0.15) is 5.82 Å². The summed E-state index contributed by atoms with van der Waals surface area (Å²) in [5.74, 6) is 0.703. The van der Waals surface area contributed by atoms with Crippen LogP contribution in [0.3, 0.4) is 0 Å². The molecule has 0 atom stereocenters. The quantitative estimate of drug-likeness (QED) is 0.742. The molecule has 0 fully saturated rings. The number of anilines is 1. The minimum Gasteiger partial charge on any atom is -0.383 e. The molecule has 2 rings (SSSR count). The maximum Gasteiger partial charge on any atom is 0.135 e. The van der Waals surface area contributed by atoms with Crippen molar-refractivity contribution >= 4 is 55.9 Å². The van der Waals surface area contributed by atoms with Gasteiger partial charge in [0, 0.05) is 4.47 Å². The predicted molar refractivity (Wildman–Crippen MR) is 82.3 cm³/mol. The first-order valence-corrected chi connectivity index (χ1v) is 7.16. The van der Waals surface area contributed by atoms with Gasteiger partial charge in [-0.15, -0.1) is 0 Å². The van der Waals surface area contributed by atoms with Crippen molar-refractivity contribution in [1.82, 2.24) is 9.78 Å². The van der Waals surface area contributed by atoms with E-state index in [9.17, 15) is 0 Å². The Hall–Kier alpha value is -0.270. The summed E-state index contributed by atoms with van der Waals surface area (Å²) in [5, 5.41) is 5.09. The Bertz CT molecular complexity index is 568. The Kier molecular flexibility index (Phi) is 3.99. The molecule has 17 heavy (non-hydrogen) atoms. The van der Waals surface area contributed by atoms with Gasteiger partial charge in [-0.2, -0.15) is 5.10 Å². The standard InChI is InChI=1S/C11H10BrClIN3/c1-6-10(14)11(15)17(16-6)5-7-2-3-9(13)8(12)4-7/h2-4H,5,15H2,1H3. The van der Waals surface area contributed by atoms with Gasteiger partial charge in [-0.3, -0.25) is 0 Å². The van der Waals surface area contributed by atoms with E-state index in [-0.39, 0.29) is 0 Å². The van der Waals surface area contributed by atoms with E-state index in [0.29, 0.717) is 17.4 Å². The Labute approximate surface area is 127 Å². The summed E-state index contributed by atoms with van der Waals surface area (Å²) in [7, 11) is 0. The van der Waals surface area contributed by atoms with Crippen molar-refractivity contribution in [2.24, 2.45) is 0 Å². The van der Waals surface area contributed by atoms with Crippen LogP contribution in [0.15, 0.2) is 22.7 Å².